The Morgan fingerprint density at radius 3 is 2.30 bits per heavy atom. The predicted molar refractivity (Wildman–Crippen MR) is 69.1 cm³/mol. The molecule has 0 aliphatic carbocycles. The summed E-state index contributed by atoms with van der Waals surface area (Å²) in [6.45, 7) is 0. The molecule has 106 valence electrons. The van der Waals surface area contributed by atoms with E-state index in [9.17, 15) is 22.7 Å². The van der Waals surface area contributed by atoms with Gasteiger partial charge in [-0.15, -0.1) is 0 Å². The molecule has 0 aliphatic heterocycles. The Morgan fingerprint density at radius 2 is 1.60 bits per heavy atom. The van der Waals surface area contributed by atoms with Crippen LogP contribution in [0.25, 0.3) is 0 Å². The van der Waals surface area contributed by atoms with Crippen LogP contribution in [-0.4, -0.2) is 5.11 Å². The molecule has 0 aromatic heterocycles. The van der Waals surface area contributed by atoms with E-state index in [1.54, 1.807) is 0 Å². The molecular weight excluding hydrogens is 340 g/mol. The van der Waals surface area contributed by atoms with Crippen molar-refractivity contribution in [3.63, 3.8) is 0 Å². The molecule has 1 atom stereocenters. The largest absolute Gasteiger partial charge is 0.388 e. The zero-order valence-electron chi connectivity index (χ0n) is 10.0. The number of benzene rings is 2. The predicted octanol–water partition coefficient (Wildman–Crippen LogP) is 4.28. The maximum atomic E-state index is 13.5. The first kappa shape index (κ1) is 15.0. The monoisotopic (exact) mass is 348 g/mol. The summed E-state index contributed by atoms with van der Waals surface area (Å²) in [7, 11) is 0. The first-order valence-electron chi connectivity index (χ1n) is 5.66. The van der Waals surface area contributed by atoms with Gasteiger partial charge < -0.3 is 5.11 Å². The molecule has 0 spiro atoms. The number of hydrogen-bond donors (Lipinski definition) is 1. The Labute approximate surface area is 121 Å². The minimum atomic E-state index is -1.30. The van der Waals surface area contributed by atoms with Crippen LogP contribution in [0.4, 0.5) is 17.6 Å². The van der Waals surface area contributed by atoms with E-state index in [2.05, 4.69) is 15.9 Å². The van der Waals surface area contributed by atoms with E-state index in [4.69, 9.17) is 0 Å². The van der Waals surface area contributed by atoms with Crippen molar-refractivity contribution in [2.75, 3.05) is 0 Å². The van der Waals surface area contributed by atoms with Crippen LogP contribution < -0.4 is 0 Å². The van der Waals surface area contributed by atoms with E-state index < -0.39 is 29.4 Å². The molecular formula is C14H9BrF4O. The van der Waals surface area contributed by atoms with E-state index in [-0.39, 0.29) is 22.0 Å². The third-order valence-electron chi connectivity index (χ3n) is 2.87. The van der Waals surface area contributed by atoms with Gasteiger partial charge in [-0.25, -0.2) is 17.6 Å². The molecule has 1 N–H and O–H groups in total. The van der Waals surface area contributed by atoms with Gasteiger partial charge in [-0.2, -0.15) is 0 Å². The smallest absolute Gasteiger partial charge is 0.173 e. The van der Waals surface area contributed by atoms with Gasteiger partial charge in [-0.05, 0) is 39.2 Å². The van der Waals surface area contributed by atoms with Crippen LogP contribution in [0.1, 0.15) is 17.2 Å². The topological polar surface area (TPSA) is 20.2 Å². The number of aliphatic hydroxyl groups excluding tert-OH is 1. The summed E-state index contributed by atoms with van der Waals surface area (Å²) in [6, 6.07) is 5.62. The molecule has 0 fully saturated rings. The molecule has 0 saturated heterocycles. The van der Waals surface area contributed by atoms with Gasteiger partial charge >= 0.3 is 0 Å². The van der Waals surface area contributed by atoms with E-state index >= 15 is 0 Å². The second-order valence-electron chi connectivity index (χ2n) is 4.20. The lowest BCUT2D eigenvalue weighted by atomic mass is 10.0. The van der Waals surface area contributed by atoms with Crippen LogP contribution in [0.5, 0.6) is 0 Å². The van der Waals surface area contributed by atoms with Crippen LogP contribution in [-0.2, 0) is 6.42 Å². The van der Waals surface area contributed by atoms with Gasteiger partial charge in [0.05, 0.1) is 10.6 Å². The molecule has 2 aromatic rings. The van der Waals surface area contributed by atoms with E-state index in [1.165, 1.54) is 18.2 Å². The molecule has 0 saturated carbocycles. The molecule has 1 unspecified atom stereocenters. The van der Waals surface area contributed by atoms with Gasteiger partial charge in [0.15, 0.2) is 23.3 Å². The number of halogens is 5. The summed E-state index contributed by atoms with van der Waals surface area (Å²) in [5.41, 5.74) is 0.0155. The first-order chi connectivity index (χ1) is 9.41. The van der Waals surface area contributed by atoms with Gasteiger partial charge in [0, 0.05) is 6.42 Å². The van der Waals surface area contributed by atoms with Crippen LogP contribution in [0.2, 0.25) is 0 Å². The number of aliphatic hydroxyl groups is 1. The summed E-state index contributed by atoms with van der Waals surface area (Å²) in [5, 5.41) is 9.98. The second kappa shape index (κ2) is 5.93. The molecule has 0 aliphatic rings. The Bertz CT molecular complexity index is 645. The fourth-order valence-electron chi connectivity index (χ4n) is 1.82. The lowest BCUT2D eigenvalue weighted by molar-refractivity contribution is 0.175. The van der Waals surface area contributed by atoms with Crippen molar-refractivity contribution in [3.05, 3.63) is 69.2 Å². The van der Waals surface area contributed by atoms with Crippen molar-refractivity contribution in [2.45, 2.75) is 12.5 Å². The van der Waals surface area contributed by atoms with E-state index in [0.29, 0.717) is 0 Å². The Hall–Kier alpha value is -1.40. The van der Waals surface area contributed by atoms with Crippen molar-refractivity contribution in [1.29, 1.82) is 0 Å². The zero-order chi connectivity index (χ0) is 14.9. The van der Waals surface area contributed by atoms with Crippen molar-refractivity contribution in [3.8, 4) is 0 Å². The van der Waals surface area contributed by atoms with Crippen LogP contribution in [0.3, 0.4) is 0 Å². The lowest BCUT2D eigenvalue weighted by Crippen LogP contribution is -2.07. The SMILES string of the molecule is OC(Cc1cccc(F)c1F)c1ccc(F)c(F)c1Br. The molecule has 6 heteroatoms. The van der Waals surface area contributed by atoms with Gasteiger partial charge in [-0.1, -0.05) is 18.2 Å². The molecule has 0 heterocycles. The van der Waals surface area contributed by atoms with Gasteiger partial charge in [0.1, 0.15) is 0 Å². The number of hydrogen-bond acceptors (Lipinski definition) is 1. The molecule has 0 amide bonds. The molecule has 1 nitrogen and oxygen atoms in total. The first-order valence-corrected chi connectivity index (χ1v) is 6.45. The van der Waals surface area contributed by atoms with Gasteiger partial charge in [0.2, 0.25) is 0 Å². The average molecular weight is 349 g/mol. The third kappa shape index (κ3) is 2.86. The fourth-order valence-corrected chi connectivity index (χ4v) is 2.41. The molecule has 20 heavy (non-hydrogen) atoms. The van der Waals surface area contributed by atoms with Gasteiger partial charge in [-0.3, -0.25) is 0 Å². The normalized spacial score (nSPS) is 12.5. The van der Waals surface area contributed by atoms with E-state index in [1.807, 2.05) is 0 Å². The molecule has 2 rings (SSSR count). The second-order valence-corrected chi connectivity index (χ2v) is 4.99. The quantitative estimate of drug-likeness (QED) is 0.648. The third-order valence-corrected chi connectivity index (χ3v) is 3.67. The maximum Gasteiger partial charge on any atom is 0.173 e. The zero-order valence-corrected chi connectivity index (χ0v) is 11.6. The van der Waals surface area contributed by atoms with Crippen molar-refractivity contribution < 1.29 is 22.7 Å². The summed E-state index contributed by atoms with van der Waals surface area (Å²) in [5.74, 6) is -4.30. The molecule has 0 bridgehead atoms. The summed E-state index contributed by atoms with van der Waals surface area (Å²) >= 11 is 2.84. The average Bonchev–Trinajstić information content (AvgIpc) is 2.41. The van der Waals surface area contributed by atoms with Crippen molar-refractivity contribution in [2.24, 2.45) is 0 Å². The highest BCUT2D eigenvalue weighted by molar-refractivity contribution is 9.10. The lowest BCUT2D eigenvalue weighted by Gasteiger charge is -2.14. The van der Waals surface area contributed by atoms with Crippen molar-refractivity contribution >= 4 is 15.9 Å². The maximum absolute atomic E-state index is 13.5. The van der Waals surface area contributed by atoms with Crippen LogP contribution in [0, 0.1) is 23.3 Å². The van der Waals surface area contributed by atoms with Crippen LogP contribution >= 0.6 is 15.9 Å². The fraction of sp³-hybridized carbons (Fsp3) is 0.143. The van der Waals surface area contributed by atoms with Gasteiger partial charge in [0.25, 0.3) is 0 Å². The van der Waals surface area contributed by atoms with Crippen molar-refractivity contribution in [1.82, 2.24) is 0 Å². The number of rotatable bonds is 3. The molecule has 0 radical (unpaired) electrons. The van der Waals surface area contributed by atoms with Crippen LogP contribution in [0.15, 0.2) is 34.8 Å². The highest BCUT2D eigenvalue weighted by Gasteiger charge is 2.19. The molecule has 2 aromatic carbocycles. The standard InChI is InChI=1S/C14H9BrF4O/c15-12-8(4-5-10(17)14(12)19)11(20)6-7-2-1-3-9(16)13(7)18/h1-5,11,20H,6H2. The summed E-state index contributed by atoms with van der Waals surface area (Å²) in [6.07, 6.45) is -1.55. The minimum Gasteiger partial charge on any atom is -0.388 e. The highest BCUT2D eigenvalue weighted by atomic mass is 79.9. The Kier molecular flexibility index (Phi) is 4.45. The van der Waals surface area contributed by atoms with E-state index in [0.717, 1.165) is 12.1 Å². The highest BCUT2D eigenvalue weighted by Crippen LogP contribution is 2.30. The summed E-state index contributed by atoms with van der Waals surface area (Å²) < 4.78 is 52.6. The Morgan fingerprint density at radius 1 is 0.950 bits per heavy atom. The Balaban J connectivity index is 2.31. The minimum absolute atomic E-state index is 0.0471. The summed E-state index contributed by atoms with van der Waals surface area (Å²) in [4.78, 5) is 0.